The molecule has 1 aliphatic heterocycles. The maximum absolute atomic E-state index is 12.7. The lowest BCUT2D eigenvalue weighted by molar-refractivity contribution is -0.159. The number of ether oxygens (including phenoxy) is 2. The topological polar surface area (TPSA) is 38.8 Å². The molecule has 4 nitrogen and oxygen atoms in total. The van der Waals surface area contributed by atoms with Crippen LogP contribution in [-0.4, -0.2) is 49.4 Å². The van der Waals surface area contributed by atoms with Gasteiger partial charge in [0.25, 0.3) is 5.91 Å². The van der Waals surface area contributed by atoms with Crippen molar-refractivity contribution in [2.75, 3.05) is 31.3 Å². The molecular weight excluding hydrogens is 362 g/mol. The van der Waals surface area contributed by atoms with Gasteiger partial charge in [-0.1, -0.05) is 18.2 Å². The zero-order valence-corrected chi connectivity index (χ0v) is 14.2. The number of thioether (sulfide) groups is 1. The van der Waals surface area contributed by atoms with Crippen LogP contribution in [0.25, 0.3) is 0 Å². The molecule has 25 heavy (non-hydrogen) atoms. The first-order valence-electron chi connectivity index (χ1n) is 7.78. The maximum atomic E-state index is 12.7. The third-order valence-corrected chi connectivity index (χ3v) is 4.63. The van der Waals surface area contributed by atoms with Crippen molar-refractivity contribution in [3.05, 3.63) is 30.3 Å². The monoisotopic (exact) mass is 381 g/mol. The van der Waals surface area contributed by atoms with Gasteiger partial charge in [0.05, 0.1) is 13.2 Å². The highest BCUT2D eigenvalue weighted by Gasteiger charge is 2.36. The van der Waals surface area contributed by atoms with Gasteiger partial charge in [-0.2, -0.15) is 13.2 Å². The van der Waals surface area contributed by atoms with E-state index in [4.69, 9.17) is 9.47 Å². The summed E-state index contributed by atoms with van der Waals surface area (Å²) in [7, 11) is 0. The van der Waals surface area contributed by atoms with E-state index >= 15 is 0 Å². The van der Waals surface area contributed by atoms with E-state index in [1.165, 1.54) is 4.90 Å². The summed E-state index contributed by atoms with van der Waals surface area (Å²) >= 11 is -0.0475. The predicted octanol–water partition coefficient (Wildman–Crippen LogP) is 3.76. The first-order valence-corrected chi connectivity index (χ1v) is 8.66. The van der Waals surface area contributed by atoms with Crippen LogP contribution in [0, 0.1) is 0 Å². The summed E-state index contributed by atoms with van der Waals surface area (Å²) < 4.78 is 60.8. The lowest BCUT2D eigenvalue weighted by Gasteiger charge is -2.30. The van der Waals surface area contributed by atoms with Gasteiger partial charge in [0.2, 0.25) is 0 Å². The molecule has 0 aromatic heterocycles. The Labute approximate surface area is 147 Å². The number of halogens is 4. The Kier molecular flexibility index (Phi) is 7.52. The number of nitrogens with zero attached hydrogens (tertiary/aromatic N) is 1. The zero-order chi connectivity index (χ0) is 18.3. The number of alkyl halides is 4. The van der Waals surface area contributed by atoms with Crippen molar-refractivity contribution in [2.45, 2.75) is 29.9 Å². The van der Waals surface area contributed by atoms with Crippen LogP contribution >= 0.6 is 11.8 Å². The Morgan fingerprint density at radius 3 is 2.68 bits per heavy atom. The maximum Gasteiger partial charge on any atom is 0.442 e. The predicted molar refractivity (Wildman–Crippen MR) is 87.1 cm³/mol. The molecule has 9 heteroatoms. The molecule has 1 saturated heterocycles. The van der Waals surface area contributed by atoms with Gasteiger partial charge in [0.15, 0.2) is 13.0 Å². The number of hydrogen-bond donors (Lipinski definition) is 0. The molecule has 0 spiro atoms. The van der Waals surface area contributed by atoms with Crippen LogP contribution in [0.15, 0.2) is 30.3 Å². The molecule has 0 radical (unpaired) electrons. The third-order valence-electron chi connectivity index (χ3n) is 3.60. The second-order valence-electron chi connectivity index (χ2n) is 5.40. The van der Waals surface area contributed by atoms with Crippen LogP contribution in [-0.2, 0) is 14.3 Å². The van der Waals surface area contributed by atoms with E-state index in [0.29, 0.717) is 12.1 Å². The summed E-state index contributed by atoms with van der Waals surface area (Å²) in [6, 6.07) is 8.55. The minimum absolute atomic E-state index is 0.0364. The molecule has 1 amide bonds. The number of rotatable bonds is 7. The van der Waals surface area contributed by atoms with E-state index in [-0.39, 0.29) is 37.9 Å². The minimum atomic E-state index is -4.29. The highest BCUT2D eigenvalue weighted by atomic mass is 32.2. The molecule has 2 atom stereocenters. The van der Waals surface area contributed by atoms with Crippen LogP contribution in [0.1, 0.15) is 12.8 Å². The normalized spacial score (nSPS) is 21.1. The van der Waals surface area contributed by atoms with Crippen LogP contribution < -0.4 is 4.90 Å². The van der Waals surface area contributed by atoms with Crippen molar-refractivity contribution in [3.8, 4) is 0 Å². The van der Waals surface area contributed by atoms with Crippen LogP contribution in [0.3, 0.4) is 0 Å². The van der Waals surface area contributed by atoms with Crippen molar-refractivity contribution in [1.29, 1.82) is 0 Å². The number of carbonyl (C=O) groups excluding carboxylic acids is 1. The number of para-hydroxylation sites is 1. The van der Waals surface area contributed by atoms with Gasteiger partial charge < -0.3 is 14.4 Å². The number of hydrogen-bond acceptors (Lipinski definition) is 4. The van der Waals surface area contributed by atoms with E-state index in [1.807, 2.05) is 0 Å². The zero-order valence-electron chi connectivity index (χ0n) is 13.4. The number of benzene rings is 1. The number of anilines is 1. The Bertz CT molecular complexity index is 544. The van der Waals surface area contributed by atoms with Gasteiger partial charge in [-0.15, -0.1) is 0 Å². The molecule has 0 N–H and O–H groups in total. The van der Waals surface area contributed by atoms with Crippen molar-refractivity contribution in [3.63, 3.8) is 0 Å². The highest BCUT2D eigenvalue weighted by molar-refractivity contribution is 8.00. The third kappa shape index (κ3) is 6.83. The van der Waals surface area contributed by atoms with Gasteiger partial charge in [0, 0.05) is 23.9 Å². The fraction of sp³-hybridized carbons (Fsp3) is 0.562. The second-order valence-corrected chi connectivity index (χ2v) is 6.76. The number of carbonyl (C=O) groups is 1. The van der Waals surface area contributed by atoms with E-state index in [1.54, 1.807) is 30.3 Å². The van der Waals surface area contributed by atoms with Crippen LogP contribution in [0.4, 0.5) is 23.2 Å². The molecular formula is C16H19F4NO3S. The average molecular weight is 381 g/mol. The molecule has 0 aliphatic carbocycles. The molecule has 2 unspecified atom stereocenters. The Morgan fingerprint density at radius 1 is 1.32 bits per heavy atom. The lowest BCUT2D eigenvalue weighted by atomic mass is 10.2. The fourth-order valence-corrected chi connectivity index (χ4v) is 3.34. The van der Waals surface area contributed by atoms with Crippen molar-refractivity contribution in [2.24, 2.45) is 0 Å². The summed E-state index contributed by atoms with van der Waals surface area (Å²) in [5, 5.41) is -0.614. The average Bonchev–Trinajstić information content (AvgIpc) is 2.58. The standard InChI is InChI=1S/C16H19F4NO3S/c17-11-14(22)21(12-4-2-1-3-5-12)7-9-24-15-10-13(6-8-23-15)25-16(18,19)20/h1-5,13,15H,6-11H2. The Morgan fingerprint density at radius 2 is 2.04 bits per heavy atom. The minimum Gasteiger partial charge on any atom is -0.353 e. The Hall–Kier alpha value is -1.32. The largest absolute Gasteiger partial charge is 0.442 e. The second kappa shape index (κ2) is 9.40. The molecule has 1 aromatic carbocycles. The smallest absolute Gasteiger partial charge is 0.353 e. The highest BCUT2D eigenvalue weighted by Crippen LogP contribution is 2.38. The SMILES string of the molecule is O=C(CF)N(CCOC1CC(SC(F)(F)F)CCO1)c1ccccc1. The molecule has 0 bridgehead atoms. The molecule has 1 fully saturated rings. The molecule has 0 saturated carbocycles. The van der Waals surface area contributed by atoms with E-state index in [9.17, 15) is 22.4 Å². The Balaban J connectivity index is 1.84. The molecule has 1 aliphatic rings. The van der Waals surface area contributed by atoms with Crippen LogP contribution in [0.2, 0.25) is 0 Å². The van der Waals surface area contributed by atoms with Gasteiger partial charge in [-0.3, -0.25) is 4.79 Å². The lowest BCUT2D eigenvalue weighted by Crippen LogP contribution is -2.37. The fourth-order valence-electron chi connectivity index (χ4n) is 2.50. The van der Waals surface area contributed by atoms with Gasteiger partial charge in [-0.25, -0.2) is 4.39 Å². The number of amides is 1. The van der Waals surface area contributed by atoms with E-state index in [2.05, 4.69) is 0 Å². The first kappa shape index (κ1) is 20.0. The van der Waals surface area contributed by atoms with Crippen molar-refractivity contribution >= 4 is 23.4 Å². The summed E-state index contributed by atoms with van der Waals surface area (Å²) in [5.74, 6) is -0.704. The van der Waals surface area contributed by atoms with Crippen LogP contribution in [0.5, 0.6) is 0 Å². The van der Waals surface area contributed by atoms with Gasteiger partial charge >= 0.3 is 5.51 Å². The summed E-state index contributed by atoms with van der Waals surface area (Å²) in [5.41, 5.74) is -3.76. The summed E-state index contributed by atoms with van der Waals surface area (Å²) in [6.45, 7) is -0.832. The van der Waals surface area contributed by atoms with Crippen molar-refractivity contribution in [1.82, 2.24) is 0 Å². The molecule has 1 heterocycles. The molecule has 2 rings (SSSR count). The van der Waals surface area contributed by atoms with Crippen molar-refractivity contribution < 1.29 is 31.8 Å². The van der Waals surface area contributed by atoms with E-state index < -0.39 is 29.6 Å². The first-order chi connectivity index (χ1) is 11.9. The molecule has 1 aromatic rings. The summed E-state index contributed by atoms with van der Waals surface area (Å²) in [6.07, 6.45) is -0.334. The molecule has 140 valence electrons. The van der Waals surface area contributed by atoms with Gasteiger partial charge in [-0.05, 0) is 30.3 Å². The van der Waals surface area contributed by atoms with Gasteiger partial charge in [0.1, 0.15) is 0 Å². The van der Waals surface area contributed by atoms with E-state index in [0.717, 1.165) is 0 Å². The summed E-state index contributed by atoms with van der Waals surface area (Å²) in [4.78, 5) is 13.0. The quantitative estimate of drug-likeness (QED) is 0.674.